The van der Waals surface area contributed by atoms with E-state index in [0.717, 1.165) is 62.9 Å². The zero-order valence-electron chi connectivity index (χ0n) is 38.9. The van der Waals surface area contributed by atoms with Crippen LogP contribution in [0.3, 0.4) is 0 Å². The molecule has 0 saturated carbocycles. The average Bonchev–Trinajstić information content (AvgIpc) is 3.20. The summed E-state index contributed by atoms with van der Waals surface area (Å²) >= 11 is 0. The van der Waals surface area contributed by atoms with Crippen molar-refractivity contribution in [1.29, 1.82) is 0 Å². The Bertz CT molecular complexity index is 2790. The number of hydrogen-bond acceptors (Lipinski definition) is 11. The van der Waals surface area contributed by atoms with Crippen molar-refractivity contribution in [3.05, 3.63) is 97.7 Å². The molecule has 344 valence electrons. The molecule has 3 heterocycles. The number of anilines is 1. The second-order valence-corrected chi connectivity index (χ2v) is 20.2. The van der Waals surface area contributed by atoms with Crippen molar-refractivity contribution in [2.45, 2.75) is 104 Å². The Morgan fingerprint density at radius 1 is 0.734 bits per heavy atom. The predicted molar refractivity (Wildman–Crippen MR) is 251 cm³/mol. The maximum atomic E-state index is 13.4. The summed E-state index contributed by atoms with van der Waals surface area (Å²) in [5.41, 5.74) is 0.235. The fourth-order valence-corrected chi connectivity index (χ4v) is 8.47. The summed E-state index contributed by atoms with van der Waals surface area (Å²) in [6.07, 6.45) is 15.4. The van der Waals surface area contributed by atoms with Gasteiger partial charge in [0.1, 0.15) is 46.9 Å². The maximum Gasteiger partial charge on any atom is 1.00 e. The number of aromatic hydroxyl groups is 1. The molecule has 14 nitrogen and oxygen atoms in total. The molecule has 1 aliphatic carbocycles. The van der Waals surface area contributed by atoms with E-state index >= 15 is 0 Å². The first-order valence-corrected chi connectivity index (χ1v) is 24.9. The fraction of sp³-hybridized carbons (Fsp3) is 0.468. The van der Waals surface area contributed by atoms with E-state index in [1.165, 1.54) is 25.0 Å². The molecule has 64 heavy (non-hydrogen) atoms. The van der Waals surface area contributed by atoms with Crippen LogP contribution in [-0.2, 0) is 25.7 Å². The summed E-state index contributed by atoms with van der Waals surface area (Å²) in [5.74, 6) is -0.423. The number of fused-ring (bicyclic) bond motifs is 4. The van der Waals surface area contributed by atoms with Gasteiger partial charge in [0.05, 0.1) is 23.0 Å². The molecule has 0 fully saturated rings. The third kappa shape index (κ3) is 14.7. The van der Waals surface area contributed by atoms with E-state index in [1.54, 1.807) is 47.1 Å². The van der Waals surface area contributed by atoms with Gasteiger partial charge in [-0.1, -0.05) is 91.4 Å². The van der Waals surface area contributed by atoms with Crippen LogP contribution in [0, 0.1) is 0 Å². The second-order valence-electron chi connectivity index (χ2n) is 17.0. The number of unbranched alkanes of at least 4 members (excludes halogenated alkanes) is 6. The molecular formula is C47H62N2NaO12S2+. The molecule has 2 aliphatic rings. The van der Waals surface area contributed by atoms with Crippen molar-refractivity contribution >= 4 is 60.0 Å². The minimum absolute atomic E-state index is 0. The van der Waals surface area contributed by atoms with Crippen LogP contribution in [0.4, 0.5) is 5.69 Å². The molecule has 5 rings (SSSR count). The van der Waals surface area contributed by atoms with Gasteiger partial charge in [0.2, 0.25) is 5.36 Å². The predicted octanol–water partition coefficient (Wildman–Crippen LogP) is 5.74. The first-order chi connectivity index (χ1) is 29.8. The van der Waals surface area contributed by atoms with Gasteiger partial charge in [0.15, 0.2) is 5.58 Å². The van der Waals surface area contributed by atoms with Gasteiger partial charge in [0, 0.05) is 54.7 Å². The maximum absolute atomic E-state index is 13.4. The Kier molecular flexibility index (Phi) is 19.3. The van der Waals surface area contributed by atoms with Gasteiger partial charge in [-0.05, 0) is 48.7 Å². The van der Waals surface area contributed by atoms with Crippen LogP contribution >= 0.6 is 0 Å². The molecule has 0 atom stereocenters. The van der Waals surface area contributed by atoms with E-state index in [0.29, 0.717) is 27.8 Å². The molecule has 0 spiro atoms. The zero-order valence-corrected chi connectivity index (χ0v) is 41.5. The summed E-state index contributed by atoms with van der Waals surface area (Å²) in [6, 6.07) is 12.7. The smallest absolute Gasteiger partial charge is 1.00 e. The van der Waals surface area contributed by atoms with Crippen LogP contribution in [0.5, 0.6) is 5.75 Å². The van der Waals surface area contributed by atoms with Crippen molar-refractivity contribution < 1.29 is 75.3 Å². The normalized spacial score (nSPS) is 12.5. The first-order valence-electron chi connectivity index (χ1n) is 21.7. The van der Waals surface area contributed by atoms with E-state index in [-0.39, 0.29) is 79.0 Å². The number of nitrogens with zero attached hydrogens (tertiary/aromatic N) is 2. The Hall–Kier alpha value is -4.03. The van der Waals surface area contributed by atoms with Crippen LogP contribution in [0.2, 0.25) is 0 Å². The fourth-order valence-electron chi connectivity index (χ4n) is 7.48. The summed E-state index contributed by atoms with van der Waals surface area (Å²) in [6.45, 7) is 12.4. The molecule has 0 unspecified atom stereocenters. The van der Waals surface area contributed by atoms with E-state index < -0.39 is 54.2 Å². The van der Waals surface area contributed by atoms with Gasteiger partial charge in [0.25, 0.3) is 20.2 Å². The SMILES string of the molecule is CCCCCCN(CCCCCC)c1ccc2c(c1)oc(=O)c1c(O)c(/C=C/C=C/c3cc(C(C)(C)C)oc4cc(=[N+](CCCS(=O)(=O)O)CCCS(=O)(=O)O)ccc3-4)c(=O)oc12.[H-].[Na+]. The summed E-state index contributed by atoms with van der Waals surface area (Å²) in [4.78, 5) is 29.1. The van der Waals surface area contributed by atoms with Gasteiger partial charge >= 0.3 is 40.8 Å². The third-order valence-electron chi connectivity index (χ3n) is 10.9. The van der Waals surface area contributed by atoms with Crippen LogP contribution < -0.4 is 55.6 Å². The molecular weight excluding hydrogens is 872 g/mol. The van der Waals surface area contributed by atoms with E-state index in [1.807, 2.05) is 32.9 Å². The molecule has 17 heteroatoms. The Morgan fingerprint density at radius 2 is 1.34 bits per heavy atom. The number of hydrogen-bond donors (Lipinski definition) is 3. The van der Waals surface area contributed by atoms with Crippen LogP contribution in [0.1, 0.15) is 117 Å². The zero-order chi connectivity index (χ0) is 46.0. The van der Waals surface area contributed by atoms with Crippen LogP contribution in [0.15, 0.2) is 77.5 Å². The van der Waals surface area contributed by atoms with Gasteiger partial charge in [-0.3, -0.25) is 9.11 Å². The van der Waals surface area contributed by atoms with Crippen LogP contribution in [0.25, 0.3) is 45.4 Å². The molecule has 0 amide bonds. The van der Waals surface area contributed by atoms with E-state index in [4.69, 9.17) is 13.3 Å². The Labute approximate surface area is 399 Å². The van der Waals surface area contributed by atoms with Gasteiger partial charge in [-0.15, -0.1) is 0 Å². The molecule has 2 aromatic heterocycles. The second kappa shape index (κ2) is 23.4. The minimum atomic E-state index is -4.22. The van der Waals surface area contributed by atoms with E-state index in [9.17, 15) is 40.6 Å². The Balaban J connectivity index is 0.00000561. The summed E-state index contributed by atoms with van der Waals surface area (Å²) < 4.78 is 83.8. The molecule has 3 aromatic rings. The average molecular weight is 934 g/mol. The minimum Gasteiger partial charge on any atom is -1.00 e. The van der Waals surface area contributed by atoms with Crippen molar-refractivity contribution in [2.75, 3.05) is 42.6 Å². The van der Waals surface area contributed by atoms with Crippen molar-refractivity contribution in [2.24, 2.45) is 0 Å². The Morgan fingerprint density at radius 3 is 1.92 bits per heavy atom. The number of allylic oxidation sites excluding steroid dienone is 2. The summed E-state index contributed by atoms with van der Waals surface area (Å²) in [7, 11) is -8.45. The molecule has 1 aromatic carbocycles. The summed E-state index contributed by atoms with van der Waals surface area (Å²) in [5, 5.41) is 12.1. The van der Waals surface area contributed by atoms with Crippen molar-refractivity contribution in [3.63, 3.8) is 0 Å². The molecule has 0 bridgehead atoms. The molecule has 3 N–H and O–H groups in total. The number of rotatable bonds is 22. The van der Waals surface area contributed by atoms with Crippen molar-refractivity contribution in [1.82, 2.24) is 4.58 Å². The van der Waals surface area contributed by atoms with Crippen LogP contribution in [-0.4, -0.2) is 68.7 Å². The molecule has 0 saturated heterocycles. The van der Waals surface area contributed by atoms with E-state index in [2.05, 4.69) is 18.7 Å². The van der Waals surface area contributed by atoms with Crippen molar-refractivity contribution in [3.8, 4) is 17.1 Å². The topological polar surface area (TPSA) is 209 Å². The number of benzene rings is 2. The third-order valence-corrected chi connectivity index (χ3v) is 12.5. The van der Waals surface area contributed by atoms with Gasteiger partial charge < -0.3 is 24.7 Å². The molecule has 0 radical (unpaired) electrons. The van der Waals surface area contributed by atoms with Gasteiger partial charge in [-0.2, -0.15) is 16.8 Å². The molecule has 1 aliphatic heterocycles. The monoisotopic (exact) mass is 933 g/mol. The van der Waals surface area contributed by atoms with Gasteiger partial charge in [-0.25, -0.2) is 14.2 Å². The first kappa shape index (κ1) is 52.6. The standard InChI is InChI=1S/C47H60N2O12S2.Na.H/c1-6-8-10-14-24-48(25-15-11-9-7-2)35-21-23-37-40(32-35)60-46(52)42-43(50)38(45(51)61-44(37)42)19-13-12-18-33-30-41(47(3,4)5)59-39-31-34(20-22-36(33)39)49(26-16-28-62(53,54)55)27-17-29-63(56,57)58;;/h12-13,18-23,30-32H,6-11,14-17,24-29H2,1-5H3,(H2,53,54,55,56,57,58);;/q;+1;-1/p+1. The largest absolute Gasteiger partial charge is 1.00 e. The quantitative estimate of drug-likeness (QED) is 0.0144.